The molecule has 0 bridgehead atoms. The van der Waals surface area contributed by atoms with E-state index in [1.165, 1.54) is 5.56 Å². The van der Waals surface area contributed by atoms with Crippen LogP contribution in [0.5, 0.6) is 0 Å². The standard InChI is InChI=1S/C26H34N4O/c1-17-13-18(27-16-21-20-9-7-8-10-23(20)29-24(21)31)11-12-22(17)28-19-14-25(2,3)30(6)26(4,5)15-19/h7-13,16,19,21,28H,14-15H2,1-6H3,(H,29,31). The second-order valence-corrected chi connectivity index (χ2v) is 10.3. The SMILES string of the molecule is Cc1cc(N=CC2C(=O)Nc3ccccc32)ccc1NC1CC(C)(C)N(C)C(C)(C)C1. The van der Waals surface area contributed by atoms with Gasteiger partial charge in [-0.2, -0.15) is 0 Å². The quantitative estimate of drug-likeness (QED) is 0.645. The fraction of sp³-hybridized carbons (Fsp3) is 0.462. The zero-order valence-corrected chi connectivity index (χ0v) is 19.5. The van der Waals surface area contributed by atoms with Gasteiger partial charge in [-0.05, 0) is 89.9 Å². The molecule has 31 heavy (non-hydrogen) atoms. The molecule has 0 radical (unpaired) electrons. The van der Waals surface area contributed by atoms with Crippen LogP contribution in [0.1, 0.15) is 57.6 Å². The zero-order valence-electron chi connectivity index (χ0n) is 19.5. The monoisotopic (exact) mass is 418 g/mol. The molecule has 5 heteroatoms. The van der Waals surface area contributed by atoms with Gasteiger partial charge in [0.1, 0.15) is 5.92 Å². The van der Waals surface area contributed by atoms with E-state index in [4.69, 9.17) is 0 Å². The lowest BCUT2D eigenvalue weighted by Crippen LogP contribution is -2.61. The molecule has 2 aromatic carbocycles. The lowest BCUT2D eigenvalue weighted by Gasteiger charge is -2.54. The Labute approximate surface area is 186 Å². The summed E-state index contributed by atoms with van der Waals surface area (Å²) < 4.78 is 0. The van der Waals surface area contributed by atoms with E-state index in [1.807, 2.05) is 30.3 Å². The predicted molar refractivity (Wildman–Crippen MR) is 130 cm³/mol. The van der Waals surface area contributed by atoms with Crippen molar-refractivity contribution in [2.45, 2.75) is 70.5 Å². The third-order valence-electron chi connectivity index (χ3n) is 7.09. The highest BCUT2D eigenvalue weighted by Gasteiger charge is 2.43. The topological polar surface area (TPSA) is 56.7 Å². The number of hydrogen-bond donors (Lipinski definition) is 2. The number of carbonyl (C=O) groups is 1. The second-order valence-electron chi connectivity index (χ2n) is 10.3. The summed E-state index contributed by atoms with van der Waals surface area (Å²) in [6.45, 7) is 11.4. The molecule has 2 aliphatic heterocycles. The van der Waals surface area contributed by atoms with Crippen molar-refractivity contribution in [2.24, 2.45) is 4.99 Å². The molecule has 1 saturated heterocycles. The highest BCUT2D eigenvalue weighted by Crippen LogP contribution is 2.38. The minimum absolute atomic E-state index is 0.0209. The Morgan fingerprint density at radius 3 is 2.45 bits per heavy atom. The van der Waals surface area contributed by atoms with E-state index in [2.05, 4.69) is 74.3 Å². The lowest BCUT2D eigenvalue weighted by atomic mass is 9.77. The van der Waals surface area contributed by atoms with Crippen LogP contribution in [-0.2, 0) is 4.79 Å². The summed E-state index contributed by atoms with van der Waals surface area (Å²) in [6, 6.07) is 14.4. The molecule has 0 aliphatic carbocycles. The summed E-state index contributed by atoms with van der Waals surface area (Å²) in [5, 5.41) is 6.71. The van der Waals surface area contributed by atoms with Crippen molar-refractivity contribution >= 4 is 29.2 Å². The number of amides is 1. The van der Waals surface area contributed by atoms with Gasteiger partial charge in [0.2, 0.25) is 5.91 Å². The molecule has 4 rings (SSSR count). The Morgan fingerprint density at radius 1 is 1.10 bits per heavy atom. The van der Waals surface area contributed by atoms with E-state index in [0.29, 0.717) is 6.04 Å². The van der Waals surface area contributed by atoms with Crippen molar-refractivity contribution < 1.29 is 4.79 Å². The molecule has 2 aromatic rings. The van der Waals surface area contributed by atoms with Crippen LogP contribution in [-0.4, -0.2) is 41.2 Å². The van der Waals surface area contributed by atoms with Crippen molar-refractivity contribution in [1.82, 2.24) is 4.90 Å². The van der Waals surface area contributed by atoms with Crippen LogP contribution in [0.2, 0.25) is 0 Å². The Kier molecular flexibility index (Phi) is 5.42. The van der Waals surface area contributed by atoms with Gasteiger partial charge < -0.3 is 10.6 Å². The zero-order chi connectivity index (χ0) is 22.4. The first-order valence-electron chi connectivity index (χ1n) is 11.1. The molecular formula is C26H34N4O. The largest absolute Gasteiger partial charge is 0.382 e. The van der Waals surface area contributed by atoms with Gasteiger partial charge in [0.25, 0.3) is 0 Å². The summed E-state index contributed by atoms with van der Waals surface area (Å²) >= 11 is 0. The maximum absolute atomic E-state index is 12.3. The maximum Gasteiger partial charge on any atom is 0.237 e. The first-order chi connectivity index (χ1) is 14.6. The third-order valence-corrected chi connectivity index (χ3v) is 7.09. The number of benzene rings is 2. The molecule has 0 spiro atoms. The van der Waals surface area contributed by atoms with Gasteiger partial charge >= 0.3 is 0 Å². The summed E-state index contributed by atoms with van der Waals surface area (Å²) in [4.78, 5) is 19.4. The van der Waals surface area contributed by atoms with Gasteiger partial charge in [0.15, 0.2) is 0 Å². The van der Waals surface area contributed by atoms with Crippen LogP contribution in [0, 0.1) is 6.92 Å². The van der Waals surface area contributed by atoms with Gasteiger partial charge in [-0.25, -0.2) is 0 Å². The molecule has 164 valence electrons. The Balaban J connectivity index is 1.48. The number of carbonyl (C=O) groups excluding carboxylic acids is 1. The molecular weight excluding hydrogens is 384 g/mol. The van der Waals surface area contributed by atoms with Gasteiger partial charge in [-0.3, -0.25) is 14.7 Å². The van der Waals surface area contributed by atoms with E-state index >= 15 is 0 Å². The van der Waals surface area contributed by atoms with Crippen LogP contribution in [0.25, 0.3) is 0 Å². The number of nitrogens with zero attached hydrogens (tertiary/aromatic N) is 2. The number of nitrogens with one attached hydrogen (secondary N) is 2. The molecule has 1 amide bonds. The molecule has 0 saturated carbocycles. The minimum Gasteiger partial charge on any atom is -0.382 e. The highest BCUT2D eigenvalue weighted by atomic mass is 16.2. The van der Waals surface area contributed by atoms with Crippen LogP contribution in [0.4, 0.5) is 17.1 Å². The summed E-state index contributed by atoms with van der Waals surface area (Å²) in [5.41, 5.74) is 5.35. The van der Waals surface area contributed by atoms with E-state index in [9.17, 15) is 4.79 Å². The number of piperidine rings is 1. The van der Waals surface area contributed by atoms with Crippen molar-refractivity contribution in [3.63, 3.8) is 0 Å². The first kappa shape index (κ1) is 21.6. The van der Waals surface area contributed by atoms with Crippen molar-refractivity contribution in [2.75, 3.05) is 17.7 Å². The Hall–Kier alpha value is -2.66. The average molecular weight is 419 g/mol. The number of para-hydroxylation sites is 1. The Morgan fingerprint density at radius 2 is 1.77 bits per heavy atom. The molecule has 2 aliphatic rings. The number of hydrogen-bond acceptors (Lipinski definition) is 4. The number of likely N-dealkylation sites (tertiary alicyclic amines) is 1. The predicted octanol–water partition coefficient (Wildman–Crippen LogP) is 5.50. The molecule has 2 heterocycles. The fourth-order valence-corrected chi connectivity index (χ4v) is 5.13. The van der Waals surface area contributed by atoms with Gasteiger partial charge in [-0.1, -0.05) is 18.2 Å². The first-order valence-corrected chi connectivity index (χ1v) is 11.1. The van der Waals surface area contributed by atoms with Crippen molar-refractivity contribution in [1.29, 1.82) is 0 Å². The second kappa shape index (κ2) is 7.79. The van der Waals surface area contributed by atoms with Crippen LogP contribution in [0.15, 0.2) is 47.5 Å². The van der Waals surface area contributed by atoms with Crippen molar-refractivity contribution in [3.05, 3.63) is 53.6 Å². The molecule has 1 unspecified atom stereocenters. The highest BCUT2D eigenvalue weighted by molar-refractivity contribution is 6.12. The minimum atomic E-state index is -0.335. The van der Waals surface area contributed by atoms with Gasteiger partial charge in [-0.15, -0.1) is 0 Å². The van der Waals surface area contributed by atoms with Crippen LogP contribution in [0.3, 0.4) is 0 Å². The number of aliphatic imine (C=N–C) groups is 1. The van der Waals surface area contributed by atoms with Crippen LogP contribution < -0.4 is 10.6 Å². The van der Waals surface area contributed by atoms with Crippen molar-refractivity contribution in [3.8, 4) is 0 Å². The molecule has 5 nitrogen and oxygen atoms in total. The maximum atomic E-state index is 12.3. The normalized spacial score (nSPS) is 23.0. The van der Waals surface area contributed by atoms with E-state index in [-0.39, 0.29) is 22.9 Å². The van der Waals surface area contributed by atoms with E-state index < -0.39 is 0 Å². The molecule has 2 N–H and O–H groups in total. The fourth-order valence-electron chi connectivity index (χ4n) is 5.13. The number of rotatable bonds is 4. The van der Waals surface area contributed by atoms with E-state index in [0.717, 1.165) is 35.5 Å². The number of fused-ring (bicyclic) bond motifs is 1. The third kappa shape index (κ3) is 4.24. The number of anilines is 2. The van der Waals surface area contributed by atoms with Crippen LogP contribution >= 0.6 is 0 Å². The molecule has 1 atom stereocenters. The number of aryl methyl sites for hydroxylation is 1. The van der Waals surface area contributed by atoms with Gasteiger partial charge in [0, 0.05) is 34.7 Å². The molecule has 1 fully saturated rings. The van der Waals surface area contributed by atoms with Gasteiger partial charge in [0.05, 0.1) is 5.69 Å². The average Bonchev–Trinajstić information content (AvgIpc) is 3.01. The molecule has 0 aromatic heterocycles. The summed E-state index contributed by atoms with van der Waals surface area (Å²) in [7, 11) is 2.23. The smallest absolute Gasteiger partial charge is 0.237 e. The van der Waals surface area contributed by atoms with E-state index in [1.54, 1.807) is 6.21 Å². The summed E-state index contributed by atoms with van der Waals surface area (Å²) in [6.07, 6.45) is 3.95. The lowest BCUT2D eigenvalue weighted by molar-refractivity contribution is -0.115. The summed E-state index contributed by atoms with van der Waals surface area (Å²) in [5.74, 6) is -0.356. The Bertz CT molecular complexity index is 1010.